The van der Waals surface area contributed by atoms with E-state index in [4.69, 9.17) is 0 Å². The number of halogens is 2. The first-order valence-corrected chi connectivity index (χ1v) is 6.98. The predicted octanol–water partition coefficient (Wildman–Crippen LogP) is 3.11. The van der Waals surface area contributed by atoms with Gasteiger partial charge in [-0.25, -0.2) is 4.98 Å². The number of hydrogen-bond acceptors (Lipinski definition) is 4. The molecule has 0 unspecified atom stereocenters. The van der Waals surface area contributed by atoms with Gasteiger partial charge >= 0.3 is 6.61 Å². The number of thiophene rings is 1. The number of alkyl halides is 2. The lowest BCUT2D eigenvalue weighted by Crippen LogP contribution is -2.21. The Labute approximate surface area is 122 Å². The Balaban J connectivity index is 1.99. The normalized spacial score (nSPS) is 11.2. The van der Waals surface area contributed by atoms with Crippen LogP contribution in [0.25, 0.3) is 10.2 Å². The first-order valence-electron chi connectivity index (χ1n) is 6.10. The Morgan fingerprint density at radius 2 is 2.10 bits per heavy atom. The van der Waals surface area contributed by atoms with Crippen LogP contribution in [0.4, 0.5) is 8.78 Å². The average Bonchev–Trinajstić information content (AvgIpc) is 2.92. The Morgan fingerprint density at radius 1 is 1.29 bits per heavy atom. The average molecular weight is 308 g/mol. The molecule has 0 N–H and O–H groups in total. The second-order valence-corrected chi connectivity index (χ2v) is 5.20. The summed E-state index contributed by atoms with van der Waals surface area (Å²) in [6.45, 7) is -2.78. The van der Waals surface area contributed by atoms with Crippen molar-refractivity contribution in [2.75, 3.05) is 0 Å². The smallest absolute Gasteiger partial charge is 0.387 e. The summed E-state index contributed by atoms with van der Waals surface area (Å²) in [4.78, 5) is 17.1. The molecule has 0 fully saturated rings. The maximum absolute atomic E-state index is 12.4. The van der Waals surface area contributed by atoms with Crippen molar-refractivity contribution in [2.24, 2.45) is 0 Å². The zero-order valence-electron chi connectivity index (χ0n) is 10.7. The van der Waals surface area contributed by atoms with E-state index >= 15 is 0 Å². The lowest BCUT2D eigenvalue weighted by Gasteiger charge is -2.11. The Morgan fingerprint density at radius 3 is 2.90 bits per heavy atom. The lowest BCUT2D eigenvalue weighted by molar-refractivity contribution is -0.0504. The van der Waals surface area contributed by atoms with Crippen LogP contribution in [0.3, 0.4) is 0 Å². The fourth-order valence-corrected chi connectivity index (χ4v) is 2.76. The number of para-hydroxylation sites is 1. The standard InChI is InChI=1S/C14H10F2N2O2S/c15-14(16)20-11-4-2-1-3-9(11)7-18-8-17-12-10(13(18)19)5-6-21-12/h1-6,8,14H,7H2. The van der Waals surface area contributed by atoms with Crippen molar-refractivity contribution in [3.63, 3.8) is 0 Å². The van der Waals surface area contributed by atoms with Crippen molar-refractivity contribution in [3.05, 3.63) is 58.0 Å². The molecule has 21 heavy (non-hydrogen) atoms. The van der Waals surface area contributed by atoms with E-state index in [-0.39, 0.29) is 17.9 Å². The summed E-state index contributed by atoms with van der Waals surface area (Å²) in [7, 11) is 0. The zero-order valence-corrected chi connectivity index (χ0v) is 11.5. The third-order valence-electron chi connectivity index (χ3n) is 2.98. The van der Waals surface area contributed by atoms with Crippen molar-refractivity contribution < 1.29 is 13.5 Å². The molecule has 108 valence electrons. The number of benzene rings is 1. The quantitative estimate of drug-likeness (QED) is 0.744. The van der Waals surface area contributed by atoms with E-state index in [0.717, 1.165) is 0 Å². The summed E-state index contributed by atoms with van der Waals surface area (Å²) in [5.41, 5.74) is 0.296. The molecule has 0 atom stereocenters. The number of nitrogens with zero attached hydrogens (tertiary/aromatic N) is 2. The number of ether oxygens (including phenoxy) is 1. The molecule has 3 aromatic rings. The number of fused-ring (bicyclic) bond motifs is 1. The molecule has 0 amide bonds. The lowest BCUT2D eigenvalue weighted by atomic mass is 10.2. The van der Waals surface area contributed by atoms with E-state index in [9.17, 15) is 13.6 Å². The second-order valence-electron chi connectivity index (χ2n) is 4.30. The highest BCUT2D eigenvalue weighted by molar-refractivity contribution is 7.16. The minimum atomic E-state index is -2.90. The predicted molar refractivity (Wildman–Crippen MR) is 76.1 cm³/mol. The van der Waals surface area contributed by atoms with Gasteiger partial charge in [-0.05, 0) is 17.5 Å². The summed E-state index contributed by atoms with van der Waals surface area (Å²) in [5, 5.41) is 2.31. The molecule has 0 aliphatic rings. The monoisotopic (exact) mass is 308 g/mol. The summed E-state index contributed by atoms with van der Waals surface area (Å²) in [5.74, 6) is 0.0600. The largest absolute Gasteiger partial charge is 0.434 e. The maximum Gasteiger partial charge on any atom is 0.387 e. The van der Waals surface area contributed by atoms with Crippen LogP contribution in [0.1, 0.15) is 5.56 Å². The first kappa shape index (κ1) is 13.7. The van der Waals surface area contributed by atoms with Crippen LogP contribution in [-0.4, -0.2) is 16.2 Å². The van der Waals surface area contributed by atoms with Crippen LogP contribution >= 0.6 is 11.3 Å². The van der Waals surface area contributed by atoms with Crippen LogP contribution in [0, 0.1) is 0 Å². The van der Waals surface area contributed by atoms with Crippen LogP contribution in [-0.2, 0) is 6.54 Å². The van der Waals surface area contributed by atoms with Crippen LogP contribution in [0.15, 0.2) is 46.8 Å². The summed E-state index contributed by atoms with van der Waals surface area (Å²) in [6.07, 6.45) is 1.42. The van der Waals surface area contributed by atoms with Gasteiger partial charge in [0.1, 0.15) is 10.6 Å². The Bertz CT molecular complexity index is 829. The van der Waals surface area contributed by atoms with Gasteiger partial charge in [0.25, 0.3) is 5.56 Å². The zero-order chi connectivity index (χ0) is 14.8. The topological polar surface area (TPSA) is 44.1 Å². The minimum absolute atomic E-state index is 0.0600. The number of aromatic nitrogens is 2. The molecule has 0 spiro atoms. The molecule has 2 heterocycles. The van der Waals surface area contributed by atoms with Crippen molar-refractivity contribution in [1.29, 1.82) is 0 Å². The molecule has 2 aromatic heterocycles. The molecule has 0 bridgehead atoms. The van der Waals surface area contributed by atoms with Gasteiger partial charge in [-0.2, -0.15) is 8.78 Å². The van der Waals surface area contributed by atoms with E-state index in [1.807, 2.05) is 0 Å². The summed E-state index contributed by atoms with van der Waals surface area (Å²) >= 11 is 1.38. The fourth-order valence-electron chi connectivity index (χ4n) is 2.03. The highest BCUT2D eigenvalue weighted by Crippen LogP contribution is 2.21. The third-order valence-corrected chi connectivity index (χ3v) is 3.80. The maximum atomic E-state index is 12.4. The van der Waals surface area contributed by atoms with Gasteiger partial charge in [-0.1, -0.05) is 18.2 Å². The molecule has 0 saturated carbocycles. The summed E-state index contributed by atoms with van der Waals surface area (Å²) < 4.78 is 30.6. The number of rotatable bonds is 4. The van der Waals surface area contributed by atoms with Gasteiger partial charge in [0.15, 0.2) is 0 Å². The van der Waals surface area contributed by atoms with Gasteiger partial charge in [-0.15, -0.1) is 11.3 Å². The Hall–Kier alpha value is -2.28. The molecule has 7 heteroatoms. The molecular formula is C14H10F2N2O2S. The van der Waals surface area contributed by atoms with E-state index in [1.54, 1.807) is 29.6 Å². The molecule has 4 nitrogen and oxygen atoms in total. The summed E-state index contributed by atoms with van der Waals surface area (Å²) in [6, 6.07) is 8.10. The molecule has 3 rings (SSSR count). The van der Waals surface area contributed by atoms with E-state index in [2.05, 4.69) is 9.72 Å². The van der Waals surface area contributed by atoms with Gasteiger partial charge < -0.3 is 4.74 Å². The SMILES string of the molecule is O=c1c2ccsc2ncn1Cc1ccccc1OC(F)F. The Kier molecular flexibility index (Phi) is 3.66. The second kappa shape index (κ2) is 5.61. The molecular weight excluding hydrogens is 298 g/mol. The first-order chi connectivity index (χ1) is 10.1. The van der Waals surface area contributed by atoms with Crippen LogP contribution in [0.5, 0.6) is 5.75 Å². The van der Waals surface area contributed by atoms with Crippen molar-refractivity contribution in [3.8, 4) is 5.75 Å². The molecule has 0 aliphatic carbocycles. The van der Waals surface area contributed by atoms with Crippen LogP contribution in [0.2, 0.25) is 0 Å². The van der Waals surface area contributed by atoms with Crippen molar-refractivity contribution in [2.45, 2.75) is 13.2 Å². The fraction of sp³-hybridized carbons (Fsp3) is 0.143. The van der Waals surface area contributed by atoms with Gasteiger partial charge in [0.2, 0.25) is 0 Å². The van der Waals surface area contributed by atoms with Crippen molar-refractivity contribution in [1.82, 2.24) is 9.55 Å². The van der Waals surface area contributed by atoms with E-state index in [0.29, 0.717) is 15.8 Å². The van der Waals surface area contributed by atoms with Gasteiger partial charge in [-0.3, -0.25) is 9.36 Å². The van der Waals surface area contributed by atoms with E-state index < -0.39 is 6.61 Å². The molecule has 0 saturated heterocycles. The van der Waals surface area contributed by atoms with Crippen LogP contribution < -0.4 is 10.3 Å². The minimum Gasteiger partial charge on any atom is -0.434 e. The van der Waals surface area contributed by atoms with Crippen molar-refractivity contribution >= 4 is 21.6 Å². The molecule has 1 aromatic carbocycles. The highest BCUT2D eigenvalue weighted by atomic mass is 32.1. The van der Waals surface area contributed by atoms with E-state index in [1.165, 1.54) is 28.3 Å². The van der Waals surface area contributed by atoms with Gasteiger partial charge in [0.05, 0.1) is 18.3 Å². The molecule has 0 aliphatic heterocycles. The highest BCUT2D eigenvalue weighted by Gasteiger charge is 2.11. The molecule has 0 radical (unpaired) electrons. The third kappa shape index (κ3) is 2.78. The number of hydrogen-bond donors (Lipinski definition) is 0. The van der Waals surface area contributed by atoms with Gasteiger partial charge in [0, 0.05) is 5.56 Å².